The van der Waals surface area contributed by atoms with E-state index in [4.69, 9.17) is 4.74 Å². The predicted molar refractivity (Wildman–Crippen MR) is 123 cm³/mol. The Morgan fingerprint density at radius 2 is 2.10 bits per heavy atom. The smallest absolute Gasteiger partial charge is 0.251 e. The van der Waals surface area contributed by atoms with E-state index in [1.165, 1.54) is 0 Å². The molecule has 2 rings (SSSR count). The van der Waals surface area contributed by atoms with E-state index in [0.717, 1.165) is 44.2 Å². The lowest BCUT2D eigenvalue weighted by Crippen LogP contribution is -2.50. The van der Waals surface area contributed by atoms with Gasteiger partial charge >= 0.3 is 0 Å². The average molecular weight is 418 g/mol. The van der Waals surface area contributed by atoms with Gasteiger partial charge < -0.3 is 20.7 Å². The first kappa shape index (κ1) is 24.2. The maximum absolute atomic E-state index is 12.3. The maximum atomic E-state index is 12.3. The summed E-state index contributed by atoms with van der Waals surface area (Å²) in [4.78, 5) is 19.1. The highest BCUT2D eigenvalue weighted by molar-refractivity contribution is 5.94. The van der Waals surface area contributed by atoms with Crippen molar-refractivity contribution in [1.82, 2.24) is 20.9 Å². The first-order valence-electron chi connectivity index (χ1n) is 11.1. The van der Waals surface area contributed by atoms with E-state index in [1.807, 2.05) is 31.2 Å². The number of aliphatic imine (C=N–C) groups is 1. The number of morpholine rings is 1. The molecule has 1 aromatic carbocycles. The normalized spacial score (nSPS) is 18.9. The Bertz CT molecular complexity index is 692. The molecule has 2 atom stereocenters. The van der Waals surface area contributed by atoms with Gasteiger partial charge in [-0.3, -0.25) is 14.7 Å². The van der Waals surface area contributed by atoms with Crippen molar-refractivity contribution in [3.05, 3.63) is 35.4 Å². The molecule has 7 nitrogen and oxygen atoms in total. The summed E-state index contributed by atoms with van der Waals surface area (Å²) >= 11 is 0. The second kappa shape index (κ2) is 12.5. The van der Waals surface area contributed by atoms with E-state index in [-0.39, 0.29) is 18.1 Å². The summed E-state index contributed by atoms with van der Waals surface area (Å²) in [6, 6.07) is 7.86. The van der Waals surface area contributed by atoms with Gasteiger partial charge in [0.1, 0.15) is 0 Å². The summed E-state index contributed by atoms with van der Waals surface area (Å²) in [6.45, 7) is 13.7. The Morgan fingerprint density at radius 3 is 2.80 bits per heavy atom. The van der Waals surface area contributed by atoms with Gasteiger partial charge in [-0.15, -0.1) is 0 Å². The van der Waals surface area contributed by atoms with E-state index in [9.17, 15) is 4.79 Å². The fourth-order valence-corrected chi connectivity index (χ4v) is 3.43. The second-order valence-corrected chi connectivity index (χ2v) is 8.44. The van der Waals surface area contributed by atoms with Crippen LogP contribution in [0.3, 0.4) is 0 Å². The number of guanidine groups is 1. The highest BCUT2D eigenvalue weighted by Crippen LogP contribution is 2.08. The van der Waals surface area contributed by atoms with Gasteiger partial charge in [0.2, 0.25) is 0 Å². The lowest BCUT2D eigenvalue weighted by atomic mass is 10.1. The summed E-state index contributed by atoms with van der Waals surface area (Å²) in [5, 5.41) is 9.69. The summed E-state index contributed by atoms with van der Waals surface area (Å²) < 4.78 is 5.90. The van der Waals surface area contributed by atoms with Crippen molar-refractivity contribution in [2.24, 2.45) is 10.9 Å². The SMILES string of the molecule is CCC(C)NC(=O)c1cccc(CNC(=NC)NCC2CN(CC(C)C)CCO2)c1. The number of carbonyl (C=O) groups is 1. The summed E-state index contributed by atoms with van der Waals surface area (Å²) in [7, 11) is 1.76. The largest absolute Gasteiger partial charge is 0.374 e. The van der Waals surface area contributed by atoms with E-state index in [2.05, 4.69) is 46.6 Å². The van der Waals surface area contributed by atoms with Gasteiger partial charge in [0.25, 0.3) is 5.91 Å². The number of rotatable bonds is 9. The Hall–Kier alpha value is -2.12. The Balaban J connectivity index is 1.81. The molecular weight excluding hydrogens is 378 g/mol. The zero-order valence-corrected chi connectivity index (χ0v) is 19.2. The third-order valence-electron chi connectivity index (χ3n) is 5.21. The molecule has 30 heavy (non-hydrogen) atoms. The topological polar surface area (TPSA) is 78.0 Å². The Morgan fingerprint density at radius 1 is 1.30 bits per heavy atom. The van der Waals surface area contributed by atoms with Crippen LogP contribution in [0.25, 0.3) is 0 Å². The monoisotopic (exact) mass is 417 g/mol. The van der Waals surface area contributed by atoms with Crippen LogP contribution in [0.15, 0.2) is 29.3 Å². The van der Waals surface area contributed by atoms with Crippen LogP contribution in [0, 0.1) is 5.92 Å². The van der Waals surface area contributed by atoms with Gasteiger partial charge in [0.15, 0.2) is 5.96 Å². The molecule has 0 aliphatic carbocycles. The summed E-state index contributed by atoms with van der Waals surface area (Å²) in [5.41, 5.74) is 1.71. The van der Waals surface area contributed by atoms with Crippen molar-refractivity contribution in [2.75, 3.05) is 39.8 Å². The van der Waals surface area contributed by atoms with Crippen LogP contribution in [0.2, 0.25) is 0 Å². The van der Waals surface area contributed by atoms with Gasteiger partial charge in [-0.25, -0.2) is 0 Å². The maximum Gasteiger partial charge on any atom is 0.251 e. The first-order valence-corrected chi connectivity index (χ1v) is 11.1. The number of hydrogen-bond acceptors (Lipinski definition) is 4. The van der Waals surface area contributed by atoms with Crippen molar-refractivity contribution in [1.29, 1.82) is 0 Å². The molecule has 1 saturated heterocycles. The standard InChI is InChI=1S/C23H39N5O2/c1-6-18(4)27-22(29)20-9-7-8-19(12-20)13-25-23(24-5)26-14-21-16-28(10-11-30-21)15-17(2)3/h7-9,12,17-18,21H,6,10-11,13-16H2,1-5H3,(H,27,29)(H2,24,25,26). The molecule has 1 aromatic rings. The fraction of sp³-hybridized carbons (Fsp3) is 0.652. The van der Waals surface area contributed by atoms with Crippen LogP contribution >= 0.6 is 0 Å². The lowest BCUT2D eigenvalue weighted by molar-refractivity contribution is -0.0284. The molecule has 1 aliphatic heterocycles. The molecule has 0 saturated carbocycles. The molecule has 0 bridgehead atoms. The van der Waals surface area contributed by atoms with E-state index >= 15 is 0 Å². The molecule has 1 heterocycles. The van der Waals surface area contributed by atoms with Gasteiger partial charge in [-0.2, -0.15) is 0 Å². The Kier molecular flexibility index (Phi) is 10.1. The summed E-state index contributed by atoms with van der Waals surface area (Å²) in [6.07, 6.45) is 1.07. The van der Waals surface area contributed by atoms with Crippen LogP contribution in [0.4, 0.5) is 0 Å². The van der Waals surface area contributed by atoms with Crippen molar-refractivity contribution < 1.29 is 9.53 Å². The van der Waals surface area contributed by atoms with Gasteiger partial charge in [0.05, 0.1) is 12.7 Å². The van der Waals surface area contributed by atoms with E-state index in [0.29, 0.717) is 24.6 Å². The summed E-state index contributed by atoms with van der Waals surface area (Å²) in [5.74, 6) is 1.36. The van der Waals surface area contributed by atoms with Crippen molar-refractivity contribution in [2.45, 2.75) is 52.8 Å². The first-order chi connectivity index (χ1) is 14.4. The molecule has 0 spiro atoms. The highest BCUT2D eigenvalue weighted by atomic mass is 16.5. The predicted octanol–water partition coefficient (Wildman–Crippen LogP) is 2.24. The van der Waals surface area contributed by atoms with Gasteiger partial charge in [0, 0.05) is 51.4 Å². The molecule has 1 aliphatic rings. The van der Waals surface area contributed by atoms with E-state index < -0.39 is 0 Å². The van der Waals surface area contributed by atoms with Crippen molar-refractivity contribution in [3.8, 4) is 0 Å². The average Bonchev–Trinajstić information content (AvgIpc) is 2.73. The molecule has 1 fully saturated rings. The van der Waals surface area contributed by atoms with Crippen LogP contribution in [-0.2, 0) is 11.3 Å². The minimum absolute atomic E-state index is 0.0332. The minimum atomic E-state index is -0.0332. The molecule has 0 radical (unpaired) electrons. The Labute approximate surface area is 181 Å². The molecular formula is C23H39N5O2. The number of nitrogens with one attached hydrogen (secondary N) is 3. The molecule has 1 amide bonds. The van der Waals surface area contributed by atoms with Crippen LogP contribution in [0.1, 0.15) is 50.0 Å². The number of benzene rings is 1. The van der Waals surface area contributed by atoms with Crippen LogP contribution in [-0.4, -0.2) is 68.7 Å². The third-order valence-corrected chi connectivity index (χ3v) is 5.21. The molecule has 0 aromatic heterocycles. The lowest BCUT2D eigenvalue weighted by Gasteiger charge is -2.34. The molecule has 168 valence electrons. The van der Waals surface area contributed by atoms with Crippen LogP contribution < -0.4 is 16.0 Å². The number of hydrogen-bond donors (Lipinski definition) is 3. The number of carbonyl (C=O) groups excluding carboxylic acids is 1. The number of nitrogens with zero attached hydrogens (tertiary/aromatic N) is 2. The minimum Gasteiger partial charge on any atom is -0.374 e. The number of amides is 1. The molecule has 3 N–H and O–H groups in total. The fourth-order valence-electron chi connectivity index (χ4n) is 3.43. The van der Waals surface area contributed by atoms with Gasteiger partial charge in [-0.1, -0.05) is 32.9 Å². The zero-order chi connectivity index (χ0) is 21.9. The van der Waals surface area contributed by atoms with E-state index in [1.54, 1.807) is 7.05 Å². The highest BCUT2D eigenvalue weighted by Gasteiger charge is 2.21. The quantitative estimate of drug-likeness (QED) is 0.424. The zero-order valence-electron chi connectivity index (χ0n) is 19.2. The molecule has 7 heteroatoms. The third kappa shape index (κ3) is 8.32. The van der Waals surface area contributed by atoms with Crippen LogP contribution in [0.5, 0.6) is 0 Å². The van der Waals surface area contributed by atoms with Crippen molar-refractivity contribution in [3.63, 3.8) is 0 Å². The van der Waals surface area contributed by atoms with Crippen molar-refractivity contribution >= 4 is 11.9 Å². The molecule has 2 unspecified atom stereocenters. The van der Waals surface area contributed by atoms with Gasteiger partial charge in [-0.05, 0) is 37.0 Å². The second-order valence-electron chi connectivity index (χ2n) is 8.44. The number of ether oxygens (including phenoxy) is 1.